The normalized spacial score (nSPS) is 16.6. The minimum atomic E-state index is -0.265. The number of hydrogen-bond acceptors (Lipinski definition) is 4. The van der Waals surface area contributed by atoms with Crippen LogP contribution >= 0.6 is 11.8 Å². The lowest BCUT2D eigenvalue weighted by Crippen LogP contribution is -2.38. The highest BCUT2D eigenvalue weighted by Gasteiger charge is 2.32. The Kier molecular flexibility index (Phi) is 4.79. The standard InChI is InChI=1S/C13H17N3O2S/c1-10(16-12(17)9-15-13(16)18)3-2-8-19-11-4-6-14-7-5-11/h4-7,10H,2-3,8-9H2,1H3,(H,15,18). The molecule has 1 aliphatic heterocycles. The van der Waals surface area contributed by atoms with Crippen molar-refractivity contribution in [3.8, 4) is 0 Å². The van der Waals surface area contributed by atoms with Gasteiger partial charge in [0.05, 0.1) is 6.54 Å². The van der Waals surface area contributed by atoms with E-state index in [2.05, 4.69) is 10.3 Å². The number of carbonyl (C=O) groups is 2. The lowest BCUT2D eigenvalue weighted by molar-refractivity contribution is -0.126. The van der Waals surface area contributed by atoms with Crippen LogP contribution in [0.1, 0.15) is 19.8 Å². The first-order valence-corrected chi connectivity index (χ1v) is 7.30. The maximum atomic E-state index is 11.5. The zero-order chi connectivity index (χ0) is 13.7. The van der Waals surface area contributed by atoms with E-state index in [4.69, 9.17) is 0 Å². The number of nitrogens with one attached hydrogen (secondary N) is 1. The fraction of sp³-hybridized carbons (Fsp3) is 0.462. The third kappa shape index (κ3) is 3.70. The fourth-order valence-electron chi connectivity index (χ4n) is 2.01. The largest absolute Gasteiger partial charge is 0.329 e. The number of carbonyl (C=O) groups excluding carboxylic acids is 2. The number of hydrogen-bond donors (Lipinski definition) is 1. The van der Waals surface area contributed by atoms with Crippen LogP contribution in [0, 0.1) is 0 Å². The van der Waals surface area contributed by atoms with Crippen molar-refractivity contribution >= 4 is 23.7 Å². The highest BCUT2D eigenvalue weighted by Crippen LogP contribution is 2.19. The van der Waals surface area contributed by atoms with Gasteiger partial charge in [-0.25, -0.2) is 4.79 Å². The van der Waals surface area contributed by atoms with Crippen molar-refractivity contribution in [2.45, 2.75) is 30.7 Å². The summed E-state index contributed by atoms with van der Waals surface area (Å²) in [6.07, 6.45) is 5.35. The molecule has 1 saturated heterocycles. The summed E-state index contributed by atoms with van der Waals surface area (Å²) in [7, 11) is 0. The van der Waals surface area contributed by atoms with Crippen LogP contribution in [-0.4, -0.2) is 40.2 Å². The molecular formula is C13H17N3O2S. The molecule has 1 aromatic rings. The minimum absolute atomic E-state index is 0.0342. The van der Waals surface area contributed by atoms with Gasteiger partial charge in [-0.3, -0.25) is 14.7 Å². The van der Waals surface area contributed by atoms with E-state index in [0.29, 0.717) is 0 Å². The topological polar surface area (TPSA) is 62.3 Å². The molecule has 19 heavy (non-hydrogen) atoms. The lowest BCUT2D eigenvalue weighted by atomic mass is 10.2. The van der Waals surface area contributed by atoms with Crippen molar-refractivity contribution < 1.29 is 9.59 Å². The van der Waals surface area contributed by atoms with Crippen molar-refractivity contribution in [1.82, 2.24) is 15.2 Å². The van der Waals surface area contributed by atoms with Crippen molar-refractivity contribution in [2.24, 2.45) is 0 Å². The molecule has 102 valence electrons. The van der Waals surface area contributed by atoms with E-state index in [1.165, 1.54) is 9.80 Å². The number of imide groups is 1. The Balaban J connectivity index is 1.71. The van der Waals surface area contributed by atoms with E-state index in [1.807, 2.05) is 19.1 Å². The van der Waals surface area contributed by atoms with Gasteiger partial charge < -0.3 is 5.32 Å². The molecule has 0 radical (unpaired) electrons. The van der Waals surface area contributed by atoms with E-state index in [1.54, 1.807) is 24.2 Å². The number of amides is 3. The van der Waals surface area contributed by atoms with E-state index >= 15 is 0 Å². The first-order chi connectivity index (χ1) is 9.18. The quantitative estimate of drug-likeness (QED) is 0.491. The molecule has 1 aliphatic rings. The molecule has 1 aromatic heterocycles. The van der Waals surface area contributed by atoms with Gasteiger partial charge in [-0.05, 0) is 37.7 Å². The third-order valence-electron chi connectivity index (χ3n) is 3.00. The number of urea groups is 1. The molecule has 1 atom stereocenters. The molecule has 1 fully saturated rings. The summed E-state index contributed by atoms with van der Waals surface area (Å²) >= 11 is 1.76. The first kappa shape index (κ1) is 13.9. The van der Waals surface area contributed by atoms with Gasteiger partial charge in [-0.15, -0.1) is 11.8 Å². The average molecular weight is 279 g/mol. The molecule has 2 rings (SSSR count). The summed E-state index contributed by atoms with van der Waals surface area (Å²) in [5.41, 5.74) is 0. The summed E-state index contributed by atoms with van der Waals surface area (Å²) in [6, 6.07) is 3.66. The Labute approximate surface area is 116 Å². The molecule has 0 aromatic carbocycles. The zero-order valence-electron chi connectivity index (χ0n) is 10.8. The number of pyridine rings is 1. The summed E-state index contributed by atoms with van der Waals surface area (Å²) in [6.45, 7) is 2.05. The van der Waals surface area contributed by atoms with Gasteiger partial charge in [0.2, 0.25) is 5.91 Å². The molecule has 1 unspecified atom stereocenters. The molecule has 0 aliphatic carbocycles. The molecule has 3 amide bonds. The van der Waals surface area contributed by atoms with Crippen LogP contribution in [0.3, 0.4) is 0 Å². The van der Waals surface area contributed by atoms with Gasteiger partial charge in [0, 0.05) is 23.3 Å². The number of thioether (sulfide) groups is 1. The van der Waals surface area contributed by atoms with Gasteiger partial charge in [0.1, 0.15) is 0 Å². The highest BCUT2D eigenvalue weighted by molar-refractivity contribution is 7.99. The van der Waals surface area contributed by atoms with E-state index in [-0.39, 0.29) is 24.5 Å². The summed E-state index contributed by atoms with van der Waals surface area (Å²) < 4.78 is 0. The second kappa shape index (κ2) is 6.56. The lowest BCUT2D eigenvalue weighted by Gasteiger charge is -2.20. The van der Waals surface area contributed by atoms with E-state index in [0.717, 1.165) is 18.6 Å². The van der Waals surface area contributed by atoms with Crippen LogP contribution in [0.25, 0.3) is 0 Å². The molecule has 6 heteroatoms. The van der Waals surface area contributed by atoms with Gasteiger partial charge in [0.25, 0.3) is 0 Å². The summed E-state index contributed by atoms with van der Waals surface area (Å²) in [5.74, 6) is 0.845. The van der Waals surface area contributed by atoms with Gasteiger partial charge >= 0.3 is 6.03 Å². The van der Waals surface area contributed by atoms with Crippen LogP contribution in [0.5, 0.6) is 0 Å². The predicted octanol–water partition coefficient (Wildman–Crippen LogP) is 1.89. The van der Waals surface area contributed by atoms with Crippen LogP contribution < -0.4 is 5.32 Å². The SMILES string of the molecule is CC(CCCSc1ccncc1)N1C(=O)CNC1=O. The molecule has 0 saturated carbocycles. The van der Waals surface area contributed by atoms with Gasteiger partial charge in [-0.2, -0.15) is 0 Å². The van der Waals surface area contributed by atoms with Crippen LogP contribution in [0.15, 0.2) is 29.4 Å². The molecule has 0 bridgehead atoms. The van der Waals surface area contributed by atoms with Crippen LogP contribution in [0.2, 0.25) is 0 Å². The predicted molar refractivity (Wildman–Crippen MR) is 73.9 cm³/mol. The van der Waals surface area contributed by atoms with Crippen molar-refractivity contribution in [3.63, 3.8) is 0 Å². The first-order valence-electron chi connectivity index (χ1n) is 6.31. The smallest absolute Gasteiger partial charge is 0.324 e. The van der Waals surface area contributed by atoms with E-state index in [9.17, 15) is 9.59 Å². The Morgan fingerprint density at radius 2 is 2.16 bits per heavy atom. The number of nitrogens with zero attached hydrogens (tertiary/aromatic N) is 2. The minimum Gasteiger partial charge on any atom is -0.329 e. The second-order valence-electron chi connectivity index (χ2n) is 4.45. The maximum absolute atomic E-state index is 11.5. The molecule has 1 N–H and O–H groups in total. The van der Waals surface area contributed by atoms with Crippen LogP contribution in [0.4, 0.5) is 4.79 Å². The monoisotopic (exact) mass is 279 g/mol. The number of aromatic nitrogens is 1. The third-order valence-corrected chi connectivity index (χ3v) is 4.10. The Hall–Kier alpha value is -1.56. The van der Waals surface area contributed by atoms with Crippen LogP contribution in [-0.2, 0) is 4.79 Å². The summed E-state index contributed by atoms with van der Waals surface area (Å²) in [4.78, 5) is 29.5. The van der Waals surface area contributed by atoms with Crippen molar-refractivity contribution in [1.29, 1.82) is 0 Å². The molecule has 5 nitrogen and oxygen atoms in total. The average Bonchev–Trinajstić information content (AvgIpc) is 2.75. The highest BCUT2D eigenvalue weighted by atomic mass is 32.2. The van der Waals surface area contributed by atoms with E-state index < -0.39 is 0 Å². The van der Waals surface area contributed by atoms with Crippen molar-refractivity contribution in [2.75, 3.05) is 12.3 Å². The van der Waals surface area contributed by atoms with Crippen molar-refractivity contribution in [3.05, 3.63) is 24.5 Å². The second-order valence-corrected chi connectivity index (χ2v) is 5.61. The fourth-order valence-corrected chi connectivity index (χ4v) is 2.87. The Morgan fingerprint density at radius 1 is 1.42 bits per heavy atom. The Bertz CT molecular complexity index is 436. The van der Waals surface area contributed by atoms with Gasteiger partial charge in [-0.1, -0.05) is 0 Å². The summed E-state index contributed by atoms with van der Waals surface area (Å²) in [5, 5.41) is 2.54. The Morgan fingerprint density at radius 3 is 2.79 bits per heavy atom. The zero-order valence-corrected chi connectivity index (χ0v) is 11.7. The number of rotatable bonds is 6. The molecule has 2 heterocycles. The molecular weight excluding hydrogens is 262 g/mol. The van der Waals surface area contributed by atoms with Gasteiger partial charge in [0.15, 0.2) is 0 Å². The molecule has 0 spiro atoms. The maximum Gasteiger partial charge on any atom is 0.324 e.